The van der Waals surface area contributed by atoms with Gasteiger partial charge in [0.2, 0.25) is 5.89 Å². The van der Waals surface area contributed by atoms with E-state index in [1.54, 1.807) is 6.20 Å². The molecule has 2 heterocycles. The maximum absolute atomic E-state index is 6.01. The Morgan fingerprint density at radius 2 is 1.82 bits per heavy atom. The lowest BCUT2D eigenvalue weighted by molar-refractivity contribution is -0.686. The minimum Gasteiger partial charge on any atom is -0.436 e. The number of pyridine rings is 1. The predicted molar refractivity (Wildman–Crippen MR) is 115 cm³/mol. The fraction of sp³-hybridized carbons (Fsp3) is 0.280. The van der Waals surface area contributed by atoms with Gasteiger partial charge in [-0.3, -0.25) is 0 Å². The van der Waals surface area contributed by atoms with Gasteiger partial charge in [-0.25, -0.2) is 9.55 Å². The summed E-state index contributed by atoms with van der Waals surface area (Å²) in [6, 6.07) is 12.4. The van der Waals surface area contributed by atoms with Gasteiger partial charge in [0.25, 0.3) is 0 Å². The van der Waals surface area contributed by atoms with Crippen LogP contribution in [0.4, 0.5) is 0 Å². The molecule has 3 aromatic rings. The minimum atomic E-state index is 0.647. The first-order chi connectivity index (χ1) is 13.5. The van der Waals surface area contributed by atoms with Crippen LogP contribution in [-0.4, -0.2) is 4.98 Å². The molecule has 0 saturated carbocycles. The standard InChI is InChI=1S/C25H29N2O/c1-19(2)7-5-8-20(3)14-16-27-15-6-9-23(18-27)25-26-17-24(28-25)22-12-10-21(4)11-13-22/h6-7,9-15,17-18H,5,8,16H2,1-4H3/q+1/b20-14-. The van der Waals surface area contributed by atoms with Crippen LogP contribution in [-0.2, 0) is 6.54 Å². The first kappa shape index (κ1) is 19.8. The number of benzene rings is 1. The summed E-state index contributed by atoms with van der Waals surface area (Å²) in [5.74, 6) is 1.44. The molecule has 0 spiro atoms. The Balaban J connectivity index is 1.70. The van der Waals surface area contributed by atoms with Crippen LogP contribution in [0.2, 0.25) is 0 Å². The lowest BCUT2D eigenvalue weighted by Crippen LogP contribution is -2.31. The van der Waals surface area contributed by atoms with Crippen molar-refractivity contribution < 1.29 is 8.98 Å². The second-order valence-electron chi connectivity index (χ2n) is 7.56. The number of rotatable bonds is 7. The number of aryl methyl sites for hydroxylation is 1. The van der Waals surface area contributed by atoms with Crippen LogP contribution >= 0.6 is 0 Å². The maximum Gasteiger partial charge on any atom is 0.232 e. The van der Waals surface area contributed by atoms with Crippen molar-refractivity contribution in [1.29, 1.82) is 0 Å². The predicted octanol–water partition coefficient (Wildman–Crippen LogP) is 6.30. The molecule has 2 aromatic heterocycles. The van der Waals surface area contributed by atoms with Gasteiger partial charge in [0.05, 0.1) is 6.20 Å². The highest BCUT2D eigenvalue weighted by atomic mass is 16.4. The fourth-order valence-corrected chi connectivity index (χ4v) is 2.97. The van der Waals surface area contributed by atoms with Crippen LogP contribution in [0.25, 0.3) is 22.8 Å². The van der Waals surface area contributed by atoms with Crippen molar-refractivity contribution in [3.05, 3.63) is 83.9 Å². The highest BCUT2D eigenvalue weighted by molar-refractivity contribution is 5.60. The molecule has 3 nitrogen and oxygen atoms in total. The van der Waals surface area contributed by atoms with Crippen molar-refractivity contribution in [2.75, 3.05) is 0 Å². The van der Waals surface area contributed by atoms with E-state index < -0.39 is 0 Å². The Kier molecular flexibility index (Phi) is 6.59. The molecule has 0 amide bonds. The number of hydrogen-bond acceptors (Lipinski definition) is 2. The SMILES string of the molecule is CC(C)=CCC/C(C)=C\C[n+]1cccc(-c2ncc(-c3ccc(C)cc3)o2)c1. The maximum atomic E-state index is 6.01. The van der Waals surface area contributed by atoms with E-state index >= 15 is 0 Å². The number of allylic oxidation sites excluding steroid dienone is 4. The van der Waals surface area contributed by atoms with Gasteiger partial charge in [0.15, 0.2) is 24.7 Å². The fourth-order valence-electron chi connectivity index (χ4n) is 2.97. The molecule has 3 heteroatoms. The van der Waals surface area contributed by atoms with E-state index in [1.165, 1.54) is 16.7 Å². The molecule has 144 valence electrons. The van der Waals surface area contributed by atoms with Crippen LogP contribution in [0.1, 0.15) is 39.2 Å². The van der Waals surface area contributed by atoms with E-state index in [2.05, 4.69) is 86.1 Å². The molecule has 0 aliphatic carbocycles. The third-order valence-electron chi connectivity index (χ3n) is 4.69. The summed E-state index contributed by atoms with van der Waals surface area (Å²) in [4.78, 5) is 4.48. The van der Waals surface area contributed by atoms with Gasteiger partial charge in [-0.2, -0.15) is 0 Å². The number of hydrogen-bond donors (Lipinski definition) is 0. The molecule has 0 unspecified atom stereocenters. The zero-order valence-corrected chi connectivity index (χ0v) is 17.3. The number of nitrogens with zero attached hydrogens (tertiary/aromatic N) is 2. The van der Waals surface area contributed by atoms with E-state index in [9.17, 15) is 0 Å². The molecule has 0 aliphatic heterocycles. The topological polar surface area (TPSA) is 29.9 Å². The van der Waals surface area contributed by atoms with Gasteiger partial charge in [-0.15, -0.1) is 0 Å². The van der Waals surface area contributed by atoms with Crippen LogP contribution in [0.3, 0.4) is 0 Å². The first-order valence-corrected chi connectivity index (χ1v) is 9.82. The van der Waals surface area contributed by atoms with Gasteiger partial charge < -0.3 is 4.42 Å². The lowest BCUT2D eigenvalue weighted by atomic mass is 10.1. The van der Waals surface area contributed by atoms with Crippen LogP contribution in [0.5, 0.6) is 0 Å². The molecule has 0 bridgehead atoms. The van der Waals surface area contributed by atoms with E-state index in [4.69, 9.17) is 4.42 Å². The van der Waals surface area contributed by atoms with Crippen molar-refractivity contribution in [1.82, 2.24) is 4.98 Å². The summed E-state index contributed by atoms with van der Waals surface area (Å²) in [5.41, 5.74) is 6.05. The Bertz CT molecular complexity index is 974. The molecular weight excluding hydrogens is 344 g/mol. The van der Waals surface area contributed by atoms with Crippen molar-refractivity contribution >= 4 is 0 Å². The summed E-state index contributed by atoms with van der Waals surface area (Å²) in [7, 11) is 0. The molecule has 3 rings (SSSR count). The summed E-state index contributed by atoms with van der Waals surface area (Å²) in [6.07, 6.45) is 12.7. The second-order valence-corrected chi connectivity index (χ2v) is 7.56. The van der Waals surface area contributed by atoms with E-state index in [0.717, 1.165) is 36.3 Å². The monoisotopic (exact) mass is 373 g/mol. The highest BCUT2D eigenvalue weighted by Crippen LogP contribution is 2.25. The van der Waals surface area contributed by atoms with Crippen molar-refractivity contribution in [2.45, 2.75) is 47.1 Å². The molecular formula is C25H29N2O+. The number of oxazole rings is 1. The molecule has 0 radical (unpaired) electrons. The average molecular weight is 374 g/mol. The summed E-state index contributed by atoms with van der Waals surface area (Å²) in [6.45, 7) is 9.42. The lowest BCUT2D eigenvalue weighted by Gasteiger charge is -2.00. The smallest absolute Gasteiger partial charge is 0.232 e. The summed E-state index contributed by atoms with van der Waals surface area (Å²) >= 11 is 0. The number of aromatic nitrogens is 2. The van der Waals surface area contributed by atoms with Crippen molar-refractivity contribution in [2.24, 2.45) is 0 Å². The molecule has 0 N–H and O–H groups in total. The first-order valence-electron chi connectivity index (χ1n) is 9.82. The van der Waals surface area contributed by atoms with Gasteiger partial charge in [0.1, 0.15) is 5.56 Å². The molecule has 28 heavy (non-hydrogen) atoms. The van der Waals surface area contributed by atoms with E-state index in [1.807, 2.05) is 12.1 Å². The Labute approximate surface area is 168 Å². The van der Waals surface area contributed by atoms with Crippen LogP contribution in [0.15, 0.2) is 82.7 Å². The summed E-state index contributed by atoms with van der Waals surface area (Å²) in [5, 5.41) is 0. The minimum absolute atomic E-state index is 0.647. The Morgan fingerprint density at radius 3 is 2.57 bits per heavy atom. The van der Waals surface area contributed by atoms with Gasteiger partial charge in [-0.05, 0) is 52.7 Å². The molecule has 0 aliphatic rings. The zero-order valence-electron chi connectivity index (χ0n) is 17.3. The third kappa shape index (κ3) is 5.53. The van der Waals surface area contributed by atoms with Gasteiger partial charge in [-0.1, -0.05) is 47.1 Å². The average Bonchev–Trinajstić information content (AvgIpc) is 3.17. The molecule has 1 aromatic carbocycles. The molecule has 0 saturated heterocycles. The third-order valence-corrected chi connectivity index (χ3v) is 4.69. The van der Waals surface area contributed by atoms with Crippen LogP contribution in [0, 0.1) is 6.92 Å². The van der Waals surface area contributed by atoms with Crippen LogP contribution < -0.4 is 4.57 Å². The van der Waals surface area contributed by atoms with Gasteiger partial charge in [0, 0.05) is 11.6 Å². The van der Waals surface area contributed by atoms with Crippen molar-refractivity contribution in [3.8, 4) is 22.8 Å². The second kappa shape index (κ2) is 9.32. The molecule has 0 atom stereocenters. The Morgan fingerprint density at radius 1 is 1.04 bits per heavy atom. The van der Waals surface area contributed by atoms with E-state index in [0.29, 0.717) is 5.89 Å². The Hall–Kier alpha value is -2.94. The highest BCUT2D eigenvalue weighted by Gasteiger charge is 2.11. The quantitative estimate of drug-likeness (QED) is 0.359. The van der Waals surface area contributed by atoms with E-state index in [-0.39, 0.29) is 0 Å². The van der Waals surface area contributed by atoms with Crippen molar-refractivity contribution in [3.63, 3.8) is 0 Å². The zero-order chi connectivity index (χ0) is 19.9. The molecule has 0 fully saturated rings. The van der Waals surface area contributed by atoms with Gasteiger partial charge >= 0.3 is 0 Å². The normalized spacial score (nSPS) is 11.5. The largest absolute Gasteiger partial charge is 0.436 e. The summed E-state index contributed by atoms with van der Waals surface area (Å²) < 4.78 is 8.17.